The van der Waals surface area contributed by atoms with Crippen LogP contribution in [0.2, 0.25) is 0 Å². The molecule has 4 aromatic rings. The maximum Gasteiger partial charge on any atom is 0.270 e. The van der Waals surface area contributed by atoms with Crippen molar-refractivity contribution in [1.82, 2.24) is 20.7 Å². The summed E-state index contributed by atoms with van der Waals surface area (Å²) in [6.45, 7) is 3.27. The van der Waals surface area contributed by atoms with Gasteiger partial charge in [-0.1, -0.05) is 48.0 Å². The number of hydrazine groups is 1. The van der Waals surface area contributed by atoms with Crippen LogP contribution in [-0.2, 0) is 22.6 Å². The minimum absolute atomic E-state index is 0.00217. The summed E-state index contributed by atoms with van der Waals surface area (Å²) in [7, 11) is 0. The molecule has 2 N–H and O–H groups in total. The summed E-state index contributed by atoms with van der Waals surface area (Å²) in [5.41, 5.74) is 9.94. The lowest BCUT2D eigenvalue weighted by Gasteiger charge is -2.27. The highest BCUT2D eigenvalue weighted by Gasteiger charge is 2.22. The molecule has 182 valence electrons. The molecule has 3 amide bonds. The fraction of sp³-hybridized carbons (Fsp3) is 0.214. The van der Waals surface area contributed by atoms with Gasteiger partial charge in [-0.3, -0.25) is 25.2 Å². The zero-order chi connectivity index (χ0) is 25.1. The fourth-order valence-electron chi connectivity index (χ4n) is 4.33. The number of amides is 3. The predicted octanol–water partition coefficient (Wildman–Crippen LogP) is 4.40. The van der Waals surface area contributed by atoms with E-state index in [0.717, 1.165) is 17.5 Å². The van der Waals surface area contributed by atoms with Crippen LogP contribution < -0.4 is 10.9 Å². The third-order valence-electron chi connectivity index (χ3n) is 6.35. The molecule has 5 rings (SSSR count). The van der Waals surface area contributed by atoms with Crippen LogP contribution in [0, 0.1) is 6.92 Å². The number of nitrogens with one attached hydrogen (secondary N) is 2. The Bertz CT molecular complexity index is 1440. The molecule has 0 aliphatic carbocycles. The number of rotatable bonds is 5. The molecule has 1 aliphatic heterocycles. The highest BCUT2D eigenvalue weighted by Crippen LogP contribution is 2.26. The van der Waals surface area contributed by atoms with E-state index in [2.05, 4.69) is 16.9 Å². The van der Waals surface area contributed by atoms with Gasteiger partial charge in [-0.2, -0.15) is 0 Å². The van der Waals surface area contributed by atoms with Gasteiger partial charge in [0, 0.05) is 41.8 Å². The Morgan fingerprint density at radius 2 is 1.81 bits per heavy atom. The van der Waals surface area contributed by atoms with Crippen molar-refractivity contribution >= 4 is 40.0 Å². The Kier molecular flexibility index (Phi) is 6.77. The van der Waals surface area contributed by atoms with E-state index >= 15 is 0 Å². The molecule has 0 saturated heterocycles. The largest absolute Gasteiger partial charge is 0.338 e. The SMILES string of the molecule is Cc1ccc(-c2cc(C(=O)NNC(=O)CCC(=O)N3CCc4sccc4C3)c3ccccc3n2)cc1. The Balaban J connectivity index is 1.22. The first-order valence-electron chi connectivity index (χ1n) is 11.9. The van der Waals surface area contributed by atoms with E-state index in [-0.39, 0.29) is 18.7 Å². The zero-order valence-corrected chi connectivity index (χ0v) is 20.7. The van der Waals surface area contributed by atoms with Gasteiger partial charge < -0.3 is 4.90 Å². The van der Waals surface area contributed by atoms with Crippen LogP contribution in [0.1, 0.15) is 39.2 Å². The van der Waals surface area contributed by atoms with E-state index in [1.54, 1.807) is 22.3 Å². The molecular weight excluding hydrogens is 472 g/mol. The molecule has 0 fully saturated rings. The number of carbonyl (C=O) groups excluding carboxylic acids is 3. The number of para-hydroxylation sites is 1. The summed E-state index contributed by atoms with van der Waals surface area (Å²) < 4.78 is 0. The topological polar surface area (TPSA) is 91.4 Å². The van der Waals surface area contributed by atoms with Gasteiger partial charge in [-0.05, 0) is 42.5 Å². The summed E-state index contributed by atoms with van der Waals surface area (Å²) in [6.07, 6.45) is 0.945. The normalized spacial score (nSPS) is 12.8. The Labute approximate surface area is 213 Å². The number of hydrogen-bond acceptors (Lipinski definition) is 5. The first kappa shape index (κ1) is 23.7. The van der Waals surface area contributed by atoms with E-state index in [0.29, 0.717) is 35.2 Å². The Hall–Kier alpha value is -4.04. The summed E-state index contributed by atoms with van der Waals surface area (Å²) in [6, 6.07) is 19.1. The summed E-state index contributed by atoms with van der Waals surface area (Å²) in [5.74, 6) is -0.916. The molecule has 0 bridgehead atoms. The van der Waals surface area contributed by atoms with Gasteiger partial charge >= 0.3 is 0 Å². The van der Waals surface area contributed by atoms with Crippen LogP contribution in [0.25, 0.3) is 22.2 Å². The highest BCUT2D eigenvalue weighted by atomic mass is 32.1. The number of hydrogen-bond donors (Lipinski definition) is 2. The summed E-state index contributed by atoms with van der Waals surface area (Å²) in [4.78, 5) is 45.9. The molecule has 0 saturated carbocycles. The zero-order valence-electron chi connectivity index (χ0n) is 19.9. The van der Waals surface area contributed by atoms with E-state index in [1.165, 1.54) is 10.4 Å². The lowest BCUT2D eigenvalue weighted by Crippen LogP contribution is -2.42. The quantitative estimate of drug-likeness (QED) is 0.399. The number of benzene rings is 2. The third-order valence-corrected chi connectivity index (χ3v) is 7.37. The highest BCUT2D eigenvalue weighted by molar-refractivity contribution is 7.10. The lowest BCUT2D eigenvalue weighted by molar-refractivity contribution is -0.134. The van der Waals surface area contributed by atoms with Crippen molar-refractivity contribution in [3.8, 4) is 11.3 Å². The second-order valence-corrected chi connectivity index (χ2v) is 9.88. The summed E-state index contributed by atoms with van der Waals surface area (Å²) in [5, 5.41) is 2.73. The average molecular weight is 499 g/mol. The van der Waals surface area contributed by atoms with Gasteiger partial charge in [0.05, 0.1) is 16.8 Å². The number of aromatic nitrogens is 1. The fourth-order valence-corrected chi connectivity index (χ4v) is 5.22. The number of nitrogens with zero attached hydrogens (tertiary/aromatic N) is 2. The van der Waals surface area contributed by atoms with E-state index < -0.39 is 11.8 Å². The molecule has 0 atom stereocenters. The smallest absolute Gasteiger partial charge is 0.270 e. The molecule has 2 aromatic heterocycles. The van der Waals surface area contributed by atoms with Gasteiger partial charge in [0.1, 0.15) is 0 Å². The van der Waals surface area contributed by atoms with Gasteiger partial charge in [-0.25, -0.2) is 4.98 Å². The van der Waals surface area contributed by atoms with Gasteiger partial charge in [0.25, 0.3) is 5.91 Å². The molecule has 0 radical (unpaired) electrons. The van der Waals surface area contributed by atoms with Crippen LogP contribution in [-0.4, -0.2) is 34.2 Å². The summed E-state index contributed by atoms with van der Waals surface area (Å²) >= 11 is 1.72. The van der Waals surface area contributed by atoms with Crippen molar-refractivity contribution in [1.29, 1.82) is 0 Å². The monoisotopic (exact) mass is 498 g/mol. The van der Waals surface area contributed by atoms with E-state index in [9.17, 15) is 14.4 Å². The number of pyridine rings is 1. The van der Waals surface area contributed by atoms with Crippen LogP contribution >= 0.6 is 11.3 Å². The van der Waals surface area contributed by atoms with Crippen LogP contribution in [0.4, 0.5) is 0 Å². The van der Waals surface area contributed by atoms with Crippen molar-refractivity contribution in [2.75, 3.05) is 6.54 Å². The minimum atomic E-state index is -0.442. The van der Waals surface area contributed by atoms with Crippen molar-refractivity contribution in [3.05, 3.63) is 87.6 Å². The van der Waals surface area contributed by atoms with Crippen molar-refractivity contribution in [2.45, 2.75) is 32.7 Å². The van der Waals surface area contributed by atoms with Gasteiger partial charge in [0.2, 0.25) is 11.8 Å². The standard InChI is InChI=1S/C28H26N4O3S/c1-18-6-8-19(9-7-18)24-16-22(21-4-2-3-5-23(21)29-24)28(35)31-30-26(33)10-11-27(34)32-14-12-25-20(17-32)13-15-36-25/h2-9,13,15-16H,10-12,14,17H2,1H3,(H,30,33)(H,31,35). The van der Waals surface area contributed by atoms with Crippen LogP contribution in [0.5, 0.6) is 0 Å². The second kappa shape index (κ2) is 10.3. The average Bonchev–Trinajstić information content (AvgIpc) is 3.38. The lowest BCUT2D eigenvalue weighted by atomic mass is 10.0. The Morgan fingerprint density at radius 3 is 2.64 bits per heavy atom. The second-order valence-electron chi connectivity index (χ2n) is 8.87. The van der Waals surface area contributed by atoms with Crippen molar-refractivity contribution < 1.29 is 14.4 Å². The molecule has 3 heterocycles. The maximum absolute atomic E-state index is 13.0. The first-order valence-corrected chi connectivity index (χ1v) is 12.7. The molecule has 36 heavy (non-hydrogen) atoms. The minimum Gasteiger partial charge on any atom is -0.338 e. The number of thiophene rings is 1. The van der Waals surface area contributed by atoms with Crippen LogP contribution in [0.15, 0.2) is 66.0 Å². The number of aryl methyl sites for hydroxylation is 1. The van der Waals surface area contributed by atoms with E-state index in [4.69, 9.17) is 4.98 Å². The molecule has 2 aromatic carbocycles. The predicted molar refractivity (Wildman–Crippen MR) is 140 cm³/mol. The Morgan fingerprint density at radius 1 is 1.00 bits per heavy atom. The first-order chi connectivity index (χ1) is 17.5. The number of fused-ring (bicyclic) bond motifs is 2. The van der Waals surface area contributed by atoms with Crippen molar-refractivity contribution in [3.63, 3.8) is 0 Å². The van der Waals surface area contributed by atoms with E-state index in [1.807, 2.05) is 60.8 Å². The molecule has 1 aliphatic rings. The molecule has 0 unspecified atom stereocenters. The molecule has 0 spiro atoms. The van der Waals surface area contributed by atoms with Gasteiger partial charge in [0.15, 0.2) is 0 Å². The maximum atomic E-state index is 13.0. The molecule has 8 heteroatoms. The third kappa shape index (κ3) is 5.13. The number of carbonyl (C=O) groups is 3. The van der Waals surface area contributed by atoms with Crippen molar-refractivity contribution in [2.24, 2.45) is 0 Å². The van der Waals surface area contributed by atoms with Crippen LogP contribution in [0.3, 0.4) is 0 Å². The molecule has 7 nitrogen and oxygen atoms in total. The molecular formula is C28H26N4O3S. The van der Waals surface area contributed by atoms with Gasteiger partial charge in [-0.15, -0.1) is 11.3 Å².